The second-order valence-electron chi connectivity index (χ2n) is 9.55. The predicted octanol–water partition coefficient (Wildman–Crippen LogP) is 5.41. The fraction of sp³-hybridized carbons (Fsp3) is 0.188. The Morgan fingerprint density at radius 2 is 1.67 bits per heavy atom. The van der Waals surface area contributed by atoms with E-state index in [0.29, 0.717) is 39.1 Å². The molecule has 10 heteroatoms. The zero-order valence-electron chi connectivity index (χ0n) is 23.5. The molecule has 0 aliphatic rings. The number of benzene rings is 3. The van der Waals surface area contributed by atoms with Crippen LogP contribution in [0.5, 0.6) is 17.2 Å². The lowest BCUT2D eigenvalue weighted by Gasteiger charge is -2.09. The van der Waals surface area contributed by atoms with Crippen LogP contribution in [-0.2, 0) is 0 Å². The first-order valence-electron chi connectivity index (χ1n) is 13.6. The third-order valence-corrected chi connectivity index (χ3v) is 7.73. The van der Waals surface area contributed by atoms with Gasteiger partial charge in [0.25, 0.3) is 5.56 Å². The maximum Gasteiger partial charge on any atom is 0.291 e. The number of aromatic nitrogens is 5. The number of methoxy groups -OCH3 is 2. The summed E-state index contributed by atoms with van der Waals surface area (Å²) in [4.78, 5) is 18.6. The molecule has 42 heavy (non-hydrogen) atoms. The van der Waals surface area contributed by atoms with Crippen LogP contribution in [0.2, 0.25) is 0 Å². The molecule has 6 aromatic rings. The van der Waals surface area contributed by atoms with E-state index in [4.69, 9.17) is 19.3 Å². The summed E-state index contributed by atoms with van der Waals surface area (Å²) in [6.07, 6.45) is 5.84. The number of rotatable bonds is 10. The molecule has 0 atom stereocenters. The van der Waals surface area contributed by atoms with Crippen molar-refractivity contribution in [3.63, 3.8) is 0 Å². The van der Waals surface area contributed by atoms with E-state index in [2.05, 4.69) is 17.0 Å². The number of thiazole rings is 1. The number of unbranched alkanes of at least 4 members (excludes halogenated alkanes) is 1. The maximum absolute atomic E-state index is 13.4. The van der Waals surface area contributed by atoms with Gasteiger partial charge in [0.2, 0.25) is 4.96 Å². The van der Waals surface area contributed by atoms with Gasteiger partial charge in [0, 0.05) is 22.9 Å². The maximum atomic E-state index is 13.4. The molecule has 3 aromatic carbocycles. The van der Waals surface area contributed by atoms with E-state index < -0.39 is 0 Å². The first-order valence-corrected chi connectivity index (χ1v) is 14.4. The molecule has 3 aromatic heterocycles. The third-order valence-electron chi connectivity index (χ3n) is 6.77. The first kappa shape index (κ1) is 27.2. The fourth-order valence-electron chi connectivity index (χ4n) is 4.55. The van der Waals surface area contributed by atoms with Gasteiger partial charge < -0.3 is 14.2 Å². The molecule has 0 aliphatic carbocycles. The molecule has 6 rings (SSSR count). The molecule has 0 saturated heterocycles. The standard InChI is InChI=1S/C32H29N5O4S/c1-4-5-17-41-25-14-11-21(12-15-25)30-33-32-37(35-30)31(38)28(42-32)19-23-20-36(24-9-7-6-8-10-24)34-29(23)22-13-16-26(39-2)27(18-22)40-3/h6-16,18-20H,4-5,17H2,1-3H3/b28-19-. The molecule has 9 nitrogen and oxygen atoms in total. The van der Waals surface area contributed by atoms with Crippen LogP contribution in [0.25, 0.3) is 39.4 Å². The van der Waals surface area contributed by atoms with E-state index in [-0.39, 0.29) is 5.56 Å². The van der Waals surface area contributed by atoms with Crippen LogP contribution in [0, 0.1) is 0 Å². The number of hydrogen-bond donors (Lipinski definition) is 0. The topological polar surface area (TPSA) is 92.8 Å². The van der Waals surface area contributed by atoms with Crippen molar-refractivity contribution in [3.05, 3.63) is 99.4 Å². The minimum absolute atomic E-state index is 0.237. The second-order valence-corrected chi connectivity index (χ2v) is 10.6. The quantitative estimate of drug-likeness (QED) is 0.200. The Bertz CT molecular complexity index is 1950. The number of fused-ring (bicyclic) bond motifs is 1. The van der Waals surface area contributed by atoms with Gasteiger partial charge in [-0.2, -0.15) is 14.6 Å². The van der Waals surface area contributed by atoms with Gasteiger partial charge in [0.1, 0.15) is 11.4 Å². The first-order chi connectivity index (χ1) is 20.6. The SMILES string of the molecule is CCCCOc1ccc(-c2nc3s/c(=C\c4cn(-c5ccccc5)nc4-c4ccc(OC)c(OC)c4)c(=O)n3n2)cc1. The van der Waals surface area contributed by atoms with Crippen molar-refractivity contribution in [1.29, 1.82) is 0 Å². The molecule has 0 unspecified atom stereocenters. The van der Waals surface area contributed by atoms with E-state index in [1.54, 1.807) is 18.9 Å². The molecule has 0 spiro atoms. The van der Waals surface area contributed by atoms with Crippen molar-refractivity contribution in [2.45, 2.75) is 19.8 Å². The van der Waals surface area contributed by atoms with E-state index in [0.717, 1.165) is 41.0 Å². The van der Waals surface area contributed by atoms with E-state index >= 15 is 0 Å². The van der Waals surface area contributed by atoms with Crippen molar-refractivity contribution in [3.8, 4) is 45.6 Å². The number of nitrogens with zero attached hydrogens (tertiary/aromatic N) is 5. The molecule has 0 aliphatic heterocycles. The van der Waals surface area contributed by atoms with Crippen molar-refractivity contribution in [2.75, 3.05) is 20.8 Å². The van der Waals surface area contributed by atoms with Gasteiger partial charge in [-0.25, -0.2) is 4.68 Å². The van der Waals surface area contributed by atoms with Gasteiger partial charge in [-0.3, -0.25) is 4.79 Å². The van der Waals surface area contributed by atoms with Gasteiger partial charge in [-0.1, -0.05) is 42.9 Å². The molecule has 0 N–H and O–H groups in total. The Morgan fingerprint density at radius 1 is 0.905 bits per heavy atom. The molecule has 0 radical (unpaired) electrons. The summed E-state index contributed by atoms with van der Waals surface area (Å²) in [5.74, 6) is 2.51. The average Bonchev–Trinajstić information content (AvgIpc) is 3.72. The molecule has 0 bridgehead atoms. The predicted molar refractivity (Wildman–Crippen MR) is 164 cm³/mol. The molecular weight excluding hydrogens is 550 g/mol. The van der Waals surface area contributed by atoms with E-state index in [1.807, 2.05) is 85.1 Å². The van der Waals surface area contributed by atoms with Crippen LogP contribution in [0.4, 0.5) is 0 Å². The monoisotopic (exact) mass is 579 g/mol. The van der Waals surface area contributed by atoms with E-state index in [1.165, 1.54) is 15.9 Å². The van der Waals surface area contributed by atoms with Crippen molar-refractivity contribution >= 4 is 22.4 Å². The summed E-state index contributed by atoms with van der Waals surface area (Å²) < 4.78 is 20.4. The largest absolute Gasteiger partial charge is 0.494 e. The van der Waals surface area contributed by atoms with Crippen molar-refractivity contribution in [1.82, 2.24) is 24.4 Å². The van der Waals surface area contributed by atoms with Crippen molar-refractivity contribution in [2.24, 2.45) is 0 Å². The Balaban J connectivity index is 1.39. The number of ether oxygens (including phenoxy) is 3. The normalized spacial score (nSPS) is 11.7. The lowest BCUT2D eigenvalue weighted by molar-refractivity contribution is 0.309. The third kappa shape index (κ3) is 5.36. The summed E-state index contributed by atoms with van der Waals surface area (Å²) in [5.41, 5.74) is 3.77. The lowest BCUT2D eigenvalue weighted by atomic mass is 10.1. The van der Waals surface area contributed by atoms with Gasteiger partial charge in [-0.05, 0) is 67.1 Å². The highest BCUT2D eigenvalue weighted by atomic mass is 32.1. The van der Waals surface area contributed by atoms with Crippen LogP contribution in [0.15, 0.2) is 83.8 Å². The lowest BCUT2D eigenvalue weighted by Crippen LogP contribution is -2.23. The van der Waals surface area contributed by atoms with Crippen LogP contribution in [-0.4, -0.2) is 45.2 Å². The van der Waals surface area contributed by atoms with Crippen molar-refractivity contribution < 1.29 is 14.2 Å². The molecule has 0 saturated carbocycles. The molecule has 3 heterocycles. The van der Waals surface area contributed by atoms with Crippen LogP contribution < -0.4 is 24.3 Å². The number of hydrogen-bond acceptors (Lipinski definition) is 8. The Morgan fingerprint density at radius 3 is 2.38 bits per heavy atom. The van der Waals surface area contributed by atoms with Gasteiger partial charge in [0.05, 0.1) is 31.0 Å². The Hall–Kier alpha value is -4.96. The summed E-state index contributed by atoms with van der Waals surface area (Å²) in [6.45, 7) is 2.82. The van der Waals surface area contributed by atoms with Crippen LogP contribution in [0.3, 0.4) is 0 Å². The Kier molecular flexibility index (Phi) is 7.70. The summed E-state index contributed by atoms with van der Waals surface area (Å²) in [5, 5.41) is 9.39. The number of para-hydroxylation sites is 1. The molecular formula is C32H29N5O4S. The molecule has 0 amide bonds. The van der Waals surface area contributed by atoms with Gasteiger partial charge in [0.15, 0.2) is 17.3 Å². The summed E-state index contributed by atoms with van der Waals surface area (Å²) >= 11 is 1.29. The minimum atomic E-state index is -0.237. The summed E-state index contributed by atoms with van der Waals surface area (Å²) in [6, 6.07) is 23.1. The Labute approximate surface area is 246 Å². The smallest absolute Gasteiger partial charge is 0.291 e. The fourth-order valence-corrected chi connectivity index (χ4v) is 5.44. The average molecular weight is 580 g/mol. The van der Waals surface area contributed by atoms with Gasteiger partial charge in [-0.15, -0.1) is 5.10 Å². The summed E-state index contributed by atoms with van der Waals surface area (Å²) in [7, 11) is 3.20. The van der Waals surface area contributed by atoms with Crippen LogP contribution >= 0.6 is 11.3 Å². The highest BCUT2D eigenvalue weighted by Gasteiger charge is 2.16. The highest BCUT2D eigenvalue weighted by Crippen LogP contribution is 2.33. The second kappa shape index (κ2) is 11.9. The molecule has 212 valence electrons. The minimum Gasteiger partial charge on any atom is -0.494 e. The molecule has 0 fully saturated rings. The van der Waals surface area contributed by atoms with E-state index in [9.17, 15) is 4.79 Å². The van der Waals surface area contributed by atoms with Gasteiger partial charge >= 0.3 is 0 Å². The zero-order chi connectivity index (χ0) is 29.1. The highest BCUT2D eigenvalue weighted by molar-refractivity contribution is 7.15. The van der Waals surface area contributed by atoms with Crippen LogP contribution in [0.1, 0.15) is 25.3 Å². The zero-order valence-corrected chi connectivity index (χ0v) is 24.3.